The fraction of sp³-hybridized carbons (Fsp3) is 0.182. The predicted octanol–water partition coefficient (Wildman–Crippen LogP) is 0.683. The standard InChI is InChI=1S/C11H11N3O4.HNO3/c12-9(11(15)16)3-6-5-13-10-4-7(14(17)18)1-2-8(6)10;2-1(3)4/h1-2,4-5,9,13H,3,12H2,(H,15,16);(H,2,3,4)/t9-;/m0./s1. The van der Waals surface area contributed by atoms with Crippen molar-refractivity contribution in [3.8, 4) is 0 Å². The summed E-state index contributed by atoms with van der Waals surface area (Å²) in [6, 6.07) is 3.39. The minimum atomic E-state index is -1.50. The molecule has 1 atom stereocenters. The number of nitrogens with two attached hydrogens (primary N) is 1. The maximum absolute atomic E-state index is 10.7. The van der Waals surface area contributed by atoms with Gasteiger partial charge in [-0.3, -0.25) is 14.9 Å². The van der Waals surface area contributed by atoms with Crippen LogP contribution in [-0.4, -0.2) is 37.3 Å². The van der Waals surface area contributed by atoms with Crippen molar-refractivity contribution in [2.24, 2.45) is 5.73 Å². The molecule has 0 spiro atoms. The molecule has 0 radical (unpaired) electrons. The van der Waals surface area contributed by atoms with E-state index in [1.165, 1.54) is 12.1 Å². The number of hydrogen-bond acceptors (Lipinski definition) is 6. The number of aromatic nitrogens is 1. The molecular formula is C11H12N4O7. The second kappa shape index (κ2) is 6.99. The first-order valence-electron chi connectivity index (χ1n) is 5.78. The smallest absolute Gasteiger partial charge is 0.320 e. The van der Waals surface area contributed by atoms with E-state index in [9.17, 15) is 14.9 Å². The van der Waals surface area contributed by atoms with Gasteiger partial charge in [-0.2, -0.15) is 0 Å². The highest BCUT2D eigenvalue weighted by Crippen LogP contribution is 2.23. The fourth-order valence-electron chi connectivity index (χ4n) is 1.78. The lowest BCUT2D eigenvalue weighted by molar-refractivity contribution is -0.742. The molecule has 0 aliphatic rings. The Hall–Kier alpha value is -3.21. The van der Waals surface area contributed by atoms with E-state index in [1.54, 1.807) is 12.3 Å². The first-order chi connectivity index (χ1) is 10.2. The predicted molar refractivity (Wildman–Crippen MR) is 73.0 cm³/mol. The number of H-pyrrole nitrogens is 1. The zero-order chi connectivity index (χ0) is 16.9. The van der Waals surface area contributed by atoms with Crippen molar-refractivity contribution in [2.75, 3.05) is 0 Å². The Balaban J connectivity index is 0.000000541. The summed E-state index contributed by atoms with van der Waals surface area (Å²) in [7, 11) is 0. The second-order valence-electron chi connectivity index (χ2n) is 4.19. The van der Waals surface area contributed by atoms with Crippen molar-refractivity contribution in [3.05, 3.63) is 50.2 Å². The number of carboxylic acids is 1. The van der Waals surface area contributed by atoms with Crippen molar-refractivity contribution in [1.29, 1.82) is 0 Å². The van der Waals surface area contributed by atoms with Gasteiger partial charge in [-0.1, -0.05) is 0 Å². The molecule has 0 aliphatic carbocycles. The first-order valence-corrected chi connectivity index (χ1v) is 5.78. The minimum absolute atomic E-state index is 0.0153. The quantitative estimate of drug-likeness (QED) is 0.468. The normalized spacial score (nSPS) is 11.3. The molecular weight excluding hydrogens is 300 g/mol. The summed E-state index contributed by atoms with van der Waals surface area (Å²) in [5, 5.41) is 33.7. The maximum atomic E-state index is 10.7. The molecule has 118 valence electrons. The molecule has 5 N–H and O–H groups in total. The van der Waals surface area contributed by atoms with E-state index in [4.69, 9.17) is 26.2 Å². The molecule has 11 nitrogen and oxygen atoms in total. The average Bonchev–Trinajstić information content (AvgIpc) is 2.80. The van der Waals surface area contributed by atoms with E-state index < -0.39 is 22.0 Å². The number of rotatable bonds is 4. The molecule has 1 aromatic heterocycles. The zero-order valence-electron chi connectivity index (χ0n) is 11.0. The van der Waals surface area contributed by atoms with E-state index in [-0.39, 0.29) is 12.1 Å². The number of hydrogen-bond donors (Lipinski definition) is 4. The number of nitro groups is 1. The third-order valence-corrected chi connectivity index (χ3v) is 2.72. The summed E-state index contributed by atoms with van der Waals surface area (Å²) < 4.78 is 0. The summed E-state index contributed by atoms with van der Waals surface area (Å²) in [6.45, 7) is 0. The van der Waals surface area contributed by atoms with Gasteiger partial charge < -0.3 is 21.0 Å². The Morgan fingerprint density at radius 1 is 1.36 bits per heavy atom. The number of carboxylic acid groups (broad SMARTS) is 1. The molecule has 0 unspecified atom stereocenters. The molecule has 1 heterocycles. The third kappa shape index (κ3) is 4.42. The van der Waals surface area contributed by atoms with Crippen LogP contribution < -0.4 is 5.73 Å². The Kier molecular flexibility index (Phi) is 5.35. The van der Waals surface area contributed by atoms with Crippen LogP contribution in [0.3, 0.4) is 0 Å². The highest BCUT2D eigenvalue weighted by molar-refractivity contribution is 5.86. The van der Waals surface area contributed by atoms with E-state index in [2.05, 4.69) is 4.98 Å². The summed E-state index contributed by atoms with van der Waals surface area (Å²) in [5.74, 6) is -1.08. The Morgan fingerprint density at radius 2 is 1.95 bits per heavy atom. The van der Waals surface area contributed by atoms with Crippen molar-refractivity contribution in [2.45, 2.75) is 12.5 Å². The summed E-state index contributed by atoms with van der Waals surface area (Å²) in [6.07, 6.45) is 1.80. The number of benzene rings is 1. The van der Waals surface area contributed by atoms with E-state index >= 15 is 0 Å². The van der Waals surface area contributed by atoms with Crippen LogP contribution in [0, 0.1) is 20.2 Å². The average molecular weight is 312 g/mol. The highest BCUT2D eigenvalue weighted by atomic mass is 16.9. The van der Waals surface area contributed by atoms with E-state index in [0.717, 1.165) is 10.9 Å². The molecule has 2 aromatic rings. The number of nitrogens with one attached hydrogen (secondary N) is 1. The number of carbonyl (C=O) groups is 1. The molecule has 0 aliphatic heterocycles. The number of nitrogens with zero attached hydrogens (tertiary/aromatic N) is 2. The first kappa shape index (κ1) is 16.8. The van der Waals surface area contributed by atoms with Crippen LogP contribution >= 0.6 is 0 Å². The Bertz CT molecular complexity index is 708. The van der Waals surface area contributed by atoms with Crippen LogP contribution in [0.2, 0.25) is 0 Å². The maximum Gasteiger partial charge on any atom is 0.320 e. The molecule has 2 rings (SSSR count). The topological polar surface area (TPSA) is 186 Å². The van der Waals surface area contributed by atoms with Crippen molar-refractivity contribution in [1.82, 2.24) is 4.98 Å². The SMILES string of the molecule is N[C@@H](Cc1c[nH]c2cc([N+](=O)[O-])ccc12)C(=O)O.O=[N+]([O-])O. The fourth-order valence-corrected chi connectivity index (χ4v) is 1.78. The van der Waals surface area contributed by atoms with E-state index in [0.29, 0.717) is 5.52 Å². The van der Waals surface area contributed by atoms with Gasteiger partial charge >= 0.3 is 5.97 Å². The van der Waals surface area contributed by atoms with Gasteiger partial charge in [0, 0.05) is 30.1 Å². The van der Waals surface area contributed by atoms with Crippen LogP contribution in [-0.2, 0) is 11.2 Å². The molecule has 0 saturated carbocycles. The van der Waals surface area contributed by atoms with Gasteiger partial charge in [-0.05, 0) is 11.6 Å². The van der Waals surface area contributed by atoms with Crippen LogP contribution in [0.25, 0.3) is 10.9 Å². The monoisotopic (exact) mass is 312 g/mol. The third-order valence-electron chi connectivity index (χ3n) is 2.72. The lowest BCUT2D eigenvalue weighted by Crippen LogP contribution is -2.32. The number of non-ortho nitro benzene ring substituents is 1. The molecule has 0 saturated heterocycles. The van der Waals surface area contributed by atoms with Gasteiger partial charge in [0.1, 0.15) is 6.04 Å². The molecule has 11 heteroatoms. The molecule has 0 bridgehead atoms. The van der Waals surface area contributed by atoms with Gasteiger partial charge in [-0.15, -0.1) is 10.1 Å². The second-order valence-corrected chi connectivity index (χ2v) is 4.19. The minimum Gasteiger partial charge on any atom is -0.480 e. The number of fused-ring (bicyclic) bond motifs is 1. The van der Waals surface area contributed by atoms with Gasteiger partial charge in [0.2, 0.25) is 0 Å². The molecule has 0 fully saturated rings. The van der Waals surface area contributed by atoms with Crippen LogP contribution in [0.15, 0.2) is 24.4 Å². The Labute approximate surface area is 122 Å². The van der Waals surface area contributed by atoms with Crippen molar-refractivity contribution in [3.63, 3.8) is 0 Å². The van der Waals surface area contributed by atoms with Crippen LogP contribution in [0.5, 0.6) is 0 Å². The number of nitro benzene ring substituents is 1. The Morgan fingerprint density at radius 3 is 2.45 bits per heavy atom. The summed E-state index contributed by atoms with van der Waals surface area (Å²) >= 11 is 0. The lowest BCUT2D eigenvalue weighted by atomic mass is 10.1. The summed E-state index contributed by atoms with van der Waals surface area (Å²) in [5.41, 5.74) is 6.77. The highest BCUT2D eigenvalue weighted by Gasteiger charge is 2.16. The largest absolute Gasteiger partial charge is 0.480 e. The number of aromatic amines is 1. The summed E-state index contributed by atoms with van der Waals surface area (Å²) in [4.78, 5) is 32.0. The molecule has 0 amide bonds. The molecule has 22 heavy (non-hydrogen) atoms. The van der Waals surface area contributed by atoms with Gasteiger partial charge in [0.05, 0.1) is 10.4 Å². The molecule has 1 aromatic carbocycles. The van der Waals surface area contributed by atoms with Crippen LogP contribution in [0.4, 0.5) is 5.69 Å². The van der Waals surface area contributed by atoms with Gasteiger partial charge in [0.25, 0.3) is 10.8 Å². The lowest BCUT2D eigenvalue weighted by Gasteiger charge is -2.04. The number of aliphatic carboxylic acids is 1. The van der Waals surface area contributed by atoms with Crippen molar-refractivity contribution < 1.29 is 25.1 Å². The van der Waals surface area contributed by atoms with Crippen LogP contribution in [0.1, 0.15) is 5.56 Å². The van der Waals surface area contributed by atoms with E-state index in [1.807, 2.05) is 0 Å². The van der Waals surface area contributed by atoms with Gasteiger partial charge in [-0.25, -0.2) is 0 Å². The van der Waals surface area contributed by atoms with Gasteiger partial charge in [0.15, 0.2) is 0 Å². The zero-order valence-corrected chi connectivity index (χ0v) is 11.0. The van der Waals surface area contributed by atoms with Crippen molar-refractivity contribution >= 4 is 22.6 Å².